The Hall–Kier alpha value is -1.47. The van der Waals surface area contributed by atoms with Crippen LogP contribution in [0.4, 0.5) is 4.39 Å². The number of likely N-dealkylation sites (tertiary alicyclic amines) is 1. The molecule has 0 bridgehead atoms. The van der Waals surface area contributed by atoms with Gasteiger partial charge in [-0.25, -0.2) is 17.5 Å². The van der Waals surface area contributed by atoms with Gasteiger partial charge in [0.05, 0.1) is 11.7 Å². The Balaban J connectivity index is 1.89. The molecule has 0 unspecified atom stereocenters. The van der Waals surface area contributed by atoms with Gasteiger partial charge in [-0.3, -0.25) is 4.79 Å². The van der Waals surface area contributed by atoms with Crippen LogP contribution in [0.25, 0.3) is 0 Å². The Morgan fingerprint density at radius 3 is 2.83 bits per heavy atom. The molecule has 0 spiro atoms. The van der Waals surface area contributed by atoms with E-state index in [1.54, 1.807) is 30.9 Å². The normalized spacial score (nSPS) is 18.8. The van der Waals surface area contributed by atoms with E-state index in [9.17, 15) is 17.6 Å². The zero-order valence-corrected chi connectivity index (χ0v) is 15.0. The third-order valence-electron chi connectivity index (χ3n) is 4.31. The molecule has 134 valence electrons. The van der Waals surface area contributed by atoms with Gasteiger partial charge in [0, 0.05) is 19.6 Å². The van der Waals surface area contributed by atoms with Gasteiger partial charge < -0.3 is 4.90 Å². The van der Waals surface area contributed by atoms with E-state index < -0.39 is 15.3 Å². The summed E-state index contributed by atoms with van der Waals surface area (Å²) in [4.78, 5) is 14.2. The number of halogens is 1. The Labute approximate surface area is 143 Å². The van der Waals surface area contributed by atoms with Gasteiger partial charge in [0.25, 0.3) is 0 Å². The number of benzene rings is 1. The van der Waals surface area contributed by atoms with E-state index in [0.29, 0.717) is 25.2 Å². The topological polar surface area (TPSA) is 66.5 Å². The third-order valence-corrected chi connectivity index (χ3v) is 6.12. The molecule has 5 nitrogen and oxygen atoms in total. The lowest BCUT2D eigenvalue weighted by Crippen LogP contribution is -2.45. The van der Waals surface area contributed by atoms with Crippen molar-refractivity contribution in [1.29, 1.82) is 0 Å². The molecule has 1 amide bonds. The maximum absolute atomic E-state index is 13.2. The molecule has 2 rings (SSSR count). The molecule has 0 radical (unpaired) electrons. The zero-order chi connectivity index (χ0) is 17.7. The average molecular weight is 356 g/mol. The van der Waals surface area contributed by atoms with Crippen LogP contribution in [0.15, 0.2) is 24.3 Å². The van der Waals surface area contributed by atoms with Crippen molar-refractivity contribution in [2.75, 3.05) is 19.6 Å². The van der Waals surface area contributed by atoms with Crippen LogP contribution in [0.1, 0.15) is 32.3 Å². The smallest absolute Gasteiger partial charge is 0.227 e. The molecule has 1 atom stereocenters. The van der Waals surface area contributed by atoms with Gasteiger partial charge in [0.15, 0.2) is 0 Å². The van der Waals surface area contributed by atoms with E-state index in [1.165, 1.54) is 12.1 Å². The molecule has 1 N–H and O–H groups in total. The van der Waals surface area contributed by atoms with Gasteiger partial charge in [0.2, 0.25) is 15.9 Å². The summed E-state index contributed by atoms with van der Waals surface area (Å²) in [6.45, 7) is 4.83. The summed E-state index contributed by atoms with van der Waals surface area (Å²) in [5, 5.41) is -0.466. The van der Waals surface area contributed by atoms with Gasteiger partial charge in [-0.05, 0) is 50.3 Å². The summed E-state index contributed by atoms with van der Waals surface area (Å²) >= 11 is 0. The summed E-state index contributed by atoms with van der Waals surface area (Å²) in [5.74, 6) is -0.277. The summed E-state index contributed by atoms with van der Waals surface area (Å²) < 4.78 is 39.5. The van der Waals surface area contributed by atoms with Crippen LogP contribution in [-0.4, -0.2) is 44.1 Å². The Kier molecular flexibility index (Phi) is 6.34. The number of rotatable bonds is 6. The van der Waals surface area contributed by atoms with Crippen LogP contribution < -0.4 is 4.72 Å². The van der Waals surface area contributed by atoms with Crippen molar-refractivity contribution in [2.45, 2.75) is 38.4 Å². The second-order valence-corrected chi connectivity index (χ2v) is 8.92. The highest BCUT2D eigenvalue weighted by molar-refractivity contribution is 7.90. The average Bonchev–Trinajstić information content (AvgIpc) is 2.53. The van der Waals surface area contributed by atoms with Gasteiger partial charge in [0.1, 0.15) is 5.82 Å². The highest BCUT2D eigenvalue weighted by Crippen LogP contribution is 2.18. The molecule has 24 heavy (non-hydrogen) atoms. The lowest BCUT2D eigenvalue weighted by molar-refractivity contribution is -0.132. The van der Waals surface area contributed by atoms with Crippen molar-refractivity contribution in [3.05, 3.63) is 35.6 Å². The number of nitrogens with one attached hydrogen (secondary N) is 1. The van der Waals surface area contributed by atoms with E-state index in [4.69, 9.17) is 0 Å². The van der Waals surface area contributed by atoms with Crippen molar-refractivity contribution in [3.8, 4) is 0 Å². The number of carbonyl (C=O) groups excluding carboxylic acids is 1. The van der Waals surface area contributed by atoms with Crippen LogP contribution in [0, 0.1) is 11.7 Å². The Morgan fingerprint density at radius 2 is 2.17 bits per heavy atom. The standard InChI is InChI=1S/C17H25FN2O3S/c1-13(2)24(22,23)19-11-15-6-4-8-20(12-15)17(21)10-14-5-3-7-16(18)9-14/h3,5,7,9,13,15,19H,4,6,8,10-12H2,1-2H3/t15-/m1/s1. The van der Waals surface area contributed by atoms with Crippen LogP contribution in [0.5, 0.6) is 0 Å². The van der Waals surface area contributed by atoms with Gasteiger partial charge in [-0.1, -0.05) is 12.1 Å². The van der Waals surface area contributed by atoms with Crippen molar-refractivity contribution < 1.29 is 17.6 Å². The fourth-order valence-electron chi connectivity index (χ4n) is 2.79. The molecule has 1 saturated heterocycles. The van der Waals surface area contributed by atoms with E-state index in [0.717, 1.165) is 12.8 Å². The Bertz CT molecular complexity index is 676. The number of nitrogens with zero attached hydrogens (tertiary/aromatic N) is 1. The SMILES string of the molecule is CC(C)S(=O)(=O)NC[C@H]1CCCN(C(=O)Cc2cccc(F)c2)C1. The van der Waals surface area contributed by atoms with Crippen molar-refractivity contribution in [3.63, 3.8) is 0 Å². The molecular weight excluding hydrogens is 331 g/mol. The number of amides is 1. The second-order valence-electron chi connectivity index (χ2n) is 6.60. The molecule has 1 heterocycles. The van der Waals surface area contributed by atoms with E-state index >= 15 is 0 Å². The van der Waals surface area contributed by atoms with Crippen molar-refractivity contribution >= 4 is 15.9 Å². The van der Waals surface area contributed by atoms with Crippen LogP contribution >= 0.6 is 0 Å². The molecule has 1 aliphatic heterocycles. The highest BCUT2D eigenvalue weighted by atomic mass is 32.2. The van der Waals surface area contributed by atoms with Crippen LogP contribution in [0.2, 0.25) is 0 Å². The minimum Gasteiger partial charge on any atom is -0.342 e. The van der Waals surface area contributed by atoms with Crippen molar-refractivity contribution in [1.82, 2.24) is 9.62 Å². The number of piperidine rings is 1. The molecule has 1 aromatic rings. The second kappa shape index (κ2) is 8.07. The maximum atomic E-state index is 13.2. The number of carbonyl (C=O) groups is 1. The summed E-state index contributed by atoms with van der Waals surface area (Å²) in [6, 6.07) is 6.05. The zero-order valence-electron chi connectivity index (χ0n) is 14.2. The quantitative estimate of drug-likeness (QED) is 0.847. The highest BCUT2D eigenvalue weighted by Gasteiger charge is 2.25. The summed E-state index contributed by atoms with van der Waals surface area (Å²) in [5.41, 5.74) is 0.655. The first-order chi connectivity index (χ1) is 11.3. The first-order valence-electron chi connectivity index (χ1n) is 8.28. The lowest BCUT2D eigenvalue weighted by atomic mass is 9.97. The van der Waals surface area contributed by atoms with Gasteiger partial charge in [-0.2, -0.15) is 0 Å². The van der Waals surface area contributed by atoms with Crippen LogP contribution in [-0.2, 0) is 21.2 Å². The first-order valence-corrected chi connectivity index (χ1v) is 9.83. The minimum absolute atomic E-state index is 0.0444. The lowest BCUT2D eigenvalue weighted by Gasteiger charge is -2.33. The monoisotopic (exact) mass is 356 g/mol. The minimum atomic E-state index is -3.28. The van der Waals surface area contributed by atoms with Gasteiger partial charge in [-0.15, -0.1) is 0 Å². The summed E-state index contributed by atoms with van der Waals surface area (Å²) in [6.07, 6.45) is 1.91. The Morgan fingerprint density at radius 1 is 1.42 bits per heavy atom. The fourth-order valence-corrected chi connectivity index (χ4v) is 3.59. The fraction of sp³-hybridized carbons (Fsp3) is 0.588. The molecule has 1 aliphatic rings. The number of hydrogen-bond donors (Lipinski definition) is 1. The molecule has 0 aromatic heterocycles. The molecule has 0 saturated carbocycles. The first kappa shape index (κ1) is 18.9. The van der Waals surface area contributed by atoms with E-state index in [1.807, 2.05) is 0 Å². The van der Waals surface area contributed by atoms with E-state index in [2.05, 4.69) is 4.72 Å². The van der Waals surface area contributed by atoms with Crippen LogP contribution in [0.3, 0.4) is 0 Å². The molecule has 1 fully saturated rings. The molecular formula is C17H25FN2O3S. The third kappa shape index (κ3) is 5.27. The van der Waals surface area contributed by atoms with Crippen molar-refractivity contribution in [2.24, 2.45) is 5.92 Å². The van der Waals surface area contributed by atoms with E-state index in [-0.39, 0.29) is 24.1 Å². The molecule has 7 heteroatoms. The van der Waals surface area contributed by atoms with Gasteiger partial charge >= 0.3 is 0 Å². The molecule has 1 aromatic carbocycles. The number of sulfonamides is 1. The summed E-state index contributed by atoms with van der Waals surface area (Å²) in [7, 11) is -3.28. The number of hydrogen-bond acceptors (Lipinski definition) is 3. The molecule has 0 aliphatic carbocycles. The maximum Gasteiger partial charge on any atom is 0.227 e. The predicted octanol–water partition coefficient (Wildman–Crippen LogP) is 1.93. The predicted molar refractivity (Wildman–Crippen MR) is 91.5 cm³/mol. The largest absolute Gasteiger partial charge is 0.342 e.